The van der Waals surface area contributed by atoms with Crippen molar-refractivity contribution in [1.29, 1.82) is 0 Å². The number of carbonyl (C=O) groups excluding carboxylic acids is 1. The van der Waals surface area contributed by atoms with Crippen molar-refractivity contribution in [2.45, 2.75) is 32.6 Å². The van der Waals surface area contributed by atoms with Gasteiger partial charge in [0.2, 0.25) is 0 Å². The van der Waals surface area contributed by atoms with Crippen LogP contribution in [0.5, 0.6) is 0 Å². The molecular weight excluding hydrogens is 560 g/mol. The summed E-state index contributed by atoms with van der Waals surface area (Å²) in [6.45, 7) is 3.68. The van der Waals surface area contributed by atoms with E-state index in [1.165, 1.54) is 6.92 Å². The Balaban J connectivity index is 1.95. The van der Waals surface area contributed by atoms with Crippen LogP contribution >= 0.6 is 0 Å². The number of aromatic amines is 4. The van der Waals surface area contributed by atoms with E-state index >= 15 is 0 Å². The second-order valence-electron chi connectivity index (χ2n) is 10.9. The molecule has 1 aliphatic heterocycles. The third-order valence-electron chi connectivity index (χ3n) is 7.78. The summed E-state index contributed by atoms with van der Waals surface area (Å²) < 4.78 is 27.6. The molecule has 4 N–H and O–H groups in total. The maximum absolute atomic E-state index is 12.4. The van der Waals surface area contributed by atoms with Crippen molar-refractivity contribution in [3.63, 3.8) is 0 Å². The van der Waals surface area contributed by atoms with E-state index in [1.807, 2.05) is 6.08 Å². The third-order valence-corrected chi connectivity index (χ3v) is 7.78. The van der Waals surface area contributed by atoms with Gasteiger partial charge in [0.25, 0.3) is 0 Å². The van der Waals surface area contributed by atoms with Gasteiger partial charge in [0.05, 0.1) is 53.2 Å². The largest absolute Gasteiger partial charge is 0.424 e. The van der Waals surface area contributed by atoms with Gasteiger partial charge in [0.1, 0.15) is 0 Å². The fourth-order valence-corrected chi connectivity index (χ4v) is 5.54. The zero-order chi connectivity index (χ0) is 31.1. The average molecular weight is 603 g/mol. The summed E-state index contributed by atoms with van der Waals surface area (Å²) in [6, 6.07) is 8.52. The Morgan fingerprint density at radius 1 is 0.568 bits per heavy atom. The van der Waals surface area contributed by atoms with Gasteiger partial charge in [0, 0.05) is 57.5 Å². The van der Waals surface area contributed by atoms with Crippen molar-refractivity contribution in [2.24, 2.45) is 0 Å². The predicted octanol–water partition coefficient (Wildman–Crippen LogP) is 1.06. The fourth-order valence-electron chi connectivity index (χ4n) is 5.54. The van der Waals surface area contributed by atoms with Crippen LogP contribution in [0.4, 0.5) is 0 Å². The van der Waals surface area contributed by atoms with Crippen LogP contribution in [0.3, 0.4) is 0 Å². The molecule has 10 nitrogen and oxygen atoms in total. The molecule has 5 heterocycles. The van der Waals surface area contributed by atoms with Crippen molar-refractivity contribution >= 4 is 30.0 Å². The molecule has 0 fully saturated rings. The summed E-state index contributed by atoms with van der Waals surface area (Å²) in [4.78, 5) is 26.8. The Kier molecular flexibility index (Phi) is 10.4. The van der Waals surface area contributed by atoms with Crippen LogP contribution in [0.1, 0.15) is 29.2 Å². The number of hydrogen-bond donors (Lipinski definition) is 4. The molecule has 0 aromatic carbocycles. The van der Waals surface area contributed by atoms with Crippen LogP contribution in [0.2, 0.25) is 0 Å². The minimum Gasteiger partial charge on any atom is -0.424 e. The lowest BCUT2D eigenvalue weighted by molar-refractivity contribution is -0.134. The number of H-pyrrole nitrogens is 4. The van der Waals surface area contributed by atoms with Crippen LogP contribution in [-0.2, 0) is 54.2 Å². The van der Waals surface area contributed by atoms with Gasteiger partial charge >= 0.3 is 5.97 Å². The molecule has 4 aromatic heterocycles. The Hall–Kier alpha value is -4.09. The number of ether oxygens (including phenoxy) is 5. The second kappa shape index (κ2) is 14.6. The predicted molar refractivity (Wildman–Crippen MR) is 168 cm³/mol. The Morgan fingerprint density at radius 2 is 0.955 bits per heavy atom. The van der Waals surface area contributed by atoms with Crippen molar-refractivity contribution in [1.82, 2.24) is 19.9 Å². The lowest BCUT2D eigenvalue weighted by atomic mass is 10.1. The van der Waals surface area contributed by atoms with E-state index < -0.39 is 5.97 Å². The number of methoxy groups -OCH3 is 4. The minimum absolute atomic E-state index is 0.407. The molecule has 0 amide bonds. The molecule has 4 aromatic rings. The molecule has 0 unspecified atom stereocenters. The van der Waals surface area contributed by atoms with Crippen LogP contribution in [0, 0.1) is 21.4 Å². The van der Waals surface area contributed by atoms with Crippen LogP contribution < -0.4 is 21.4 Å². The van der Waals surface area contributed by atoms with E-state index in [-0.39, 0.29) is 0 Å². The van der Waals surface area contributed by atoms with Gasteiger partial charge in [-0.1, -0.05) is 0 Å². The van der Waals surface area contributed by atoms with E-state index in [4.69, 9.17) is 23.7 Å². The van der Waals surface area contributed by atoms with Crippen molar-refractivity contribution in [2.75, 3.05) is 54.9 Å². The fraction of sp³-hybridized carbons (Fsp3) is 0.382. The zero-order valence-electron chi connectivity index (χ0n) is 26.1. The smallest absolute Gasteiger partial charge is 0.308 e. The molecule has 0 spiro atoms. The highest BCUT2D eigenvalue weighted by Crippen LogP contribution is 2.08. The SMILES string of the molecule is COCCc1cc2[nH]c1=CC=c1[nH]c(cc1CCOC)=c1cc(CCOC)c([nH]1)=C(OC(C)=O)C=c1[nH]c=2cc1CCOC. The maximum Gasteiger partial charge on any atom is 0.308 e. The highest BCUT2D eigenvalue weighted by Gasteiger charge is 2.11. The molecule has 5 rings (SSSR count). The second-order valence-corrected chi connectivity index (χ2v) is 10.9. The standard InChI is InChI=1S/C34H42N4O6/c1-21(39)44-33-20-28-24(10-14-42-4)18-30(37-28)29-16-22(8-12-40-2)26(35-29)6-7-27-23(9-13-41-3)17-31(36-27)32-19-25(11-15-43-5)34(33)38-32/h6-7,16-20,35-38H,8-15H2,1-5H3. The van der Waals surface area contributed by atoms with Crippen LogP contribution in [0.15, 0.2) is 24.3 Å². The van der Waals surface area contributed by atoms with Gasteiger partial charge < -0.3 is 43.6 Å². The third kappa shape index (κ3) is 7.16. The van der Waals surface area contributed by atoms with Crippen molar-refractivity contribution in [3.8, 4) is 0 Å². The number of nitrogens with one attached hydrogen (secondary N) is 4. The zero-order valence-corrected chi connectivity index (χ0v) is 26.1. The molecule has 0 saturated carbocycles. The van der Waals surface area contributed by atoms with Crippen molar-refractivity contribution in [3.05, 3.63) is 89.3 Å². The van der Waals surface area contributed by atoms with E-state index in [1.54, 1.807) is 28.4 Å². The first kappa shape index (κ1) is 31.3. The van der Waals surface area contributed by atoms with E-state index in [9.17, 15) is 4.79 Å². The molecule has 44 heavy (non-hydrogen) atoms. The lowest BCUT2D eigenvalue weighted by Crippen LogP contribution is -2.19. The Morgan fingerprint density at radius 3 is 1.41 bits per heavy atom. The van der Waals surface area contributed by atoms with Crippen molar-refractivity contribution < 1.29 is 28.5 Å². The van der Waals surface area contributed by atoms with E-state index in [2.05, 4.69) is 56.4 Å². The van der Waals surface area contributed by atoms with Gasteiger partial charge in [-0.2, -0.15) is 0 Å². The summed E-state index contributed by atoms with van der Waals surface area (Å²) in [5.74, 6) is 0.0175. The quantitative estimate of drug-likeness (QED) is 0.170. The molecule has 0 saturated heterocycles. The first-order valence-corrected chi connectivity index (χ1v) is 14.9. The summed E-state index contributed by atoms with van der Waals surface area (Å²) >= 11 is 0. The molecule has 10 heteroatoms. The molecular formula is C34H42N4O6. The summed E-state index contributed by atoms with van der Waals surface area (Å²) in [5, 5.41) is 7.23. The van der Waals surface area contributed by atoms with Gasteiger partial charge in [-0.3, -0.25) is 4.79 Å². The number of aromatic nitrogens is 4. The first-order chi connectivity index (χ1) is 21.4. The molecule has 234 valence electrons. The minimum atomic E-state index is -0.407. The number of esters is 1. The first-order valence-electron chi connectivity index (χ1n) is 14.9. The molecule has 0 atom stereocenters. The van der Waals surface area contributed by atoms with Crippen LogP contribution in [0.25, 0.3) is 24.0 Å². The van der Waals surface area contributed by atoms with Gasteiger partial charge in [-0.15, -0.1) is 0 Å². The van der Waals surface area contributed by atoms with Gasteiger partial charge in [-0.25, -0.2) is 0 Å². The number of rotatable bonds is 13. The number of carbonyl (C=O) groups is 1. The Labute approximate surface area is 255 Å². The molecule has 8 bridgehead atoms. The molecule has 0 aliphatic carbocycles. The van der Waals surface area contributed by atoms with Crippen LogP contribution in [-0.4, -0.2) is 80.8 Å². The molecule has 1 aliphatic rings. The van der Waals surface area contributed by atoms with Gasteiger partial charge in [-0.05, 0) is 84.4 Å². The number of fused-ring (bicyclic) bond motifs is 8. The lowest BCUT2D eigenvalue weighted by Gasteiger charge is -2.04. The van der Waals surface area contributed by atoms with E-state index in [0.29, 0.717) is 45.0 Å². The summed E-state index contributed by atoms with van der Waals surface area (Å²) in [7, 11) is 6.79. The van der Waals surface area contributed by atoms with E-state index in [0.717, 1.165) is 77.9 Å². The molecule has 0 radical (unpaired) electrons. The summed E-state index contributed by atoms with van der Waals surface area (Å²) in [6.07, 6.45) is 8.94. The normalized spacial score (nSPS) is 12.5. The Bertz CT molecular complexity index is 2050. The topological polar surface area (TPSA) is 126 Å². The number of hydrogen-bond acceptors (Lipinski definition) is 6. The highest BCUT2D eigenvalue weighted by atomic mass is 16.5. The average Bonchev–Trinajstić information content (AvgIpc) is 3.79. The monoisotopic (exact) mass is 602 g/mol. The summed E-state index contributed by atoms with van der Waals surface area (Å²) in [5.41, 5.74) is 4.30. The van der Waals surface area contributed by atoms with Gasteiger partial charge in [0.15, 0.2) is 5.76 Å². The maximum atomic E-state index is 12.4. The highest BCUT2D eigenvalue weighted by molar-refractivity contribution is 5.81.